The van der Waals surface area contributed by atoms with E-state index in [-0.39, 0.29) is 17.5 Å². The lowest BCUT2D eigenvalue weighted by molar-refractivity contribution is 0.247. The van der Waals surface area contributed by atoms with E-state index in [1.165, 1.54) is 6.42 Å². The Morgan fingerprint density at radius 1 is 0.880 bits per heavy atom. The van der Waals surface area contributed by atoms with Crippen molar-refractivity contribution in [3.8, 4) is 5.75 Å². The maximum absolute atomic E-state index is 13.1. The lowest BCUT2D eigenvalue weighted by Gasteiger charge is -2.33. The van der Waals surface area contributed by atoms with Gasteiger partial charge in [0.25, 0.3) is 0 Å². The number of rotatable bonds is 6. The zero-order chi connectivity index (χ0) is 17.7. The molecule has 25 heavy (non-hydrogen) atoms. The van der Waals surface area contributed by atoms with E-state index in [4.69, 9.17) is 0 Å². The molecule has 0 spiro atoms. The third-order valence-electron chi connectivity index (χ3n) is 4.81. The van der Waals surface area contributed by atoms with Crippen molar-refractivity contribution in [3.05, 3.63) is 65.7 Å². The number of phenols is 1. The molecule has 0 unspecified atom stereocenters. The predicted octanol–water partition coefficient (Wildman–Crippen LogP) is 4.06. The molecule has 0 radical (unpaired) electrons. The Labute approximate surface area is 150 Å². The predicted molar refractivity (Wildman–Crippen MR) is 99.6 cm³/mol. The maximum Gasteiger partial charge on any atom is 0.218 e. The summed E-state index contributed by atoms with van der Waals surface area (Å²) < 4.78 is 28.0. The molecule has 0 bridgehead atoms. The van der Waals surface area contributed by atoms with Crippen LogP contribution in [0.1, 0.15) is 43.2 Å². The number of hydrogen-bond donors (Lipinski definition) is 1. The van der Waals surface area contributed by atoms with Crippen LogP contribution < -0.4 is 0 Å². The monoisotopic (exact) mass is 359 g/mol. The standard InChI is InChI=1S/C20H25NO3S/c22-20-13-11-17(12-14-20)15-21(19-9-5-2-6-10-19)25(23,24)16-18-7-3-1-4-8-18/h1,3-4,7-8,11-14,19,22H,2,5-6,9-10,15-16H2. The van der Waals surface area contributed by atoms with E-state index in [1.54, 1.807) is 28.6 Å². The molecule has 1 fully saturated rings. The molecule has 1 saturated carbocycles. The number of benzene rings is 2. The van der Waals surface area contributed by atoms with Crippen LogP contribution in [-0.4, -0.2) is 23.9 Å². The summed E-state index contributed by atoms with van der Waals surface area (Å²) in [5.41, 5.74) is 1.72. The maximum atomic E-state index is 13.1. The summed E-state index contributed by atoms with van der Waals surface area (Å²) in [5.74, 6) is 0.225. The van der Waals surface area contributed by atoms with E-state index in [0.717, 1.165) is 36.8 Å². The number of hydrogen-bond acceptors (Lipinski definition) is 3. The number of aromatic hydroxyl groups is 1. The minimum Gasteiger partial charge on any atom is -0.508 e. The fourth-order valence-corrected chi connectivity index (χ4v) is 5.26. The van der Waals surface area contributed by atoms with Crippen molar-refractivity contribution in [2.45, 2.75) is 50.4 Å². The summed E-state index contributed by atoms with van der Waals surface area (Å²) in [6.07, 6.45) is 5.19. The molecule has 3 rings (SSSR count). The molecule has 1 aliphatic rings. The largest absolute Gasteiger partial charge is 0.508 e. The van der Waals surface area contributed by atoms with Crippen molar-refractivity contribution in [1.82, 2.24) is 4.31 Å². The summed E-state index contributed by atoms with van der Waals surface area (Å²) in [4.78, 5) is 0. The van der Waals surface area contributed by atoms with Crippen LogP contribution in [0, 0.1) is 0 Å². The van der Waals surface area contributed by atoms with Gasteiger partial charge in [0.1, 0.15) is 5.75 Å². The van der Waals surface area contributed by atoms with Gasteiger partial charge in [-0.25, -0.2) is 8.42 Å². The van der Waals surface area contributed by atoms with E-state index in [9.17, 15) is 13.5 Å². The van der Waals surface area contributed by atoms with Gasteiger partial charge in [0.2, 0.25) is 10.0 Å². The summed E-state index contributed by atoms with van der Waals surface area (Å²) in [6.45, 7) is 0.361. The normalized spacial score (nSPS) is 16.2. The van der Waals surface area contributed by atoms with Crippen LogP contribution in [0.2, 0.25) is 0 Å². The van der Waals surface area contributed by atoms with Crippen molar-refractivity contribution in [2.24, 2.45) is 0 Å². The highest BCUT2D eigenvalue weighted by Gasteiger charge is 2.31. The van der Waals surface area contributed by atoms with Gasteiger partial charge in [-0.3, -0.25) is 0 Å². The van der Waals surface area contributed by atoms with Gasteiger partial charge in [-0.15, -0.1) is 0 Å². The Morgan fingerprint density at radius 2 is 1.52 bits per heavy atom. The van der Waals surface area contributed by atoms with Crippen LogP contribution in [-0.2, 0) is 22.3 Å². The molecule has 5 heteroatoms. The quantitative estimate of drug-likeness (QED) is 0.846. The third kappa shape index (κ3) is 4.83. The Morgan fingerprint density at radius 3 is 2.16 bits per heavy atom. The SMILES string of the molecule is O=S(=O)(Cc1ccccc1)N(Cc1ccc(O)cc1)C1CCCCC1. The Balaban J connectivity index is 1.85. The van der Waals surface area contributed by atoms with Crippen LogP contribution >= 0.6 is 0 Å². The topological polar surface area (TPSA) is 57.6 Å². The van der Waals surface area contributed by atoms with Crippen molar-refractivity contribution in [2.75, 3.05) is 0 Å². The van der Waals surface area contributed by atoms with Crippen LogP contribution in [0.4, 0.5) is 0 Å². The van der Waals surface area contributed by atoms with E-state index in [1.807, 2.05) is 30.3 Å². The van der Waals surface area contributed by atoms with Gasteiger partial charge in [0.05, 0.1) is 5.75 Å². The van der Waals surface area contributed by atoms with Gasteiger partial charge in [-0.1, -0.05) is 61.7 Å². The smallest absolute Gasteiger partial charge is 0.218 e. The van der Waals surface area contributed by atoms with Crippen molar-refractivity contribution >= 4 is 10.0 Å². The highest BCUT2D eigenvalue weighted by atomic mass is 32.2. The van der Waals surface area contributed by atoms with E-state index in [2.05, 4.69) is 0 Å². The molecule has 1 N–H and O–H groups in total. The fraction of sp³-hybridized carbons (Fsp3) is 0.400. The zero-order valence-corrected chi connectivity index (χ0v) is 15.2. The minimum atomic E-state index is -3.41. The van der Waals surface area contributed by atoms with Crippen molar-refractivity contribution in [1.29, 1.82) is 0 Å². The molecule has 0 heterocycles. The minimum absolute atomic E-state index is 0.0302. The van der Waals surface area contributed by atoms with E-state index >= 15 is 0 Å². The summed E-state index contributed by atoms with van der Waals surface area (Å²) >= 11 is 0. The second-order valence-electron chi connectivity index (χ2n) is 6.75. The first-order valence-electron chi connectivity index (χ1n) is 8.86. The summed E-state index contributed by atoms with van der Waals surface area (Å²) in [6, 6.07) is 16.2. The van der Waals surface area contributed by atoms with Crippen molar-refractivity contribution in [3.63, 3.8) is 0 Å². The zero-order valence-electron chi connectivity index (χ0n) is 14.3. The third-order valence-corrected chi connectivity index (χ3v) is 6.65. The molecular weight excluding hydrogens is 334 g/mol. The van der Waals surface area contributed by atoms with Crippen molar-refractivity contribution < 1.29 is 13.5 Å². The number of sulfonamides is 1. The average molecular weight is 359 g/mol. The highest BCUT2D eigenvalue weighted by Crippen LogP contribution is 2.28. The Bertz CT molecular complexity index is 766. The van der Waals surface area contributed by atoms with Gasteiger partial charge in [0, 0.05) is 12.6 Å². The van der Waals surface area contributed by atoms with Crippen LogP contribution in [0.15, 0.2) is 54.6 Å². The van der Waals surface area contributed by atoms with Gasteiger partial charge in [-0.05, 0) is 36.1 Å². The van der Waals surface area contributed by atoms with E-state index in [0.29, 0.717) is 6.54 Å². The first-order chi connectivity index (χ1) is 12.0. The van der Waals surface area contributed by atoms with Crippen LogP contribution in [0.3, 0.4) is 0 Å². The summed E-state index contributed by atoms with van der Waals surface area (Å²) in [5, 5.41) is 9.46. The Kier molecular flexibility index (Phi) is 5.76. The van der Waals surface area contributed by atoms with Crippen LogP contribution in [0.25, 0.3) is 0 Å². The molecule has 0 aliphatic heterocycles. The second kappa shape index (κ2) is 8.02. The molecule has 0 amide bonds. The van der Waals surface area contributed by atoms with Gasteiger partial charge in [0.15, 0.2) is 0 Å². The summed E-state index contributed by atoms with van der Waals surface area (Å²) in [7, 11) is -3.41. The first-order valence-corrected chi connectivity index (χ1v) is 10.5. The van der Waals surface area contributed by atoms with Crippen LogP contribution in [0.5, 0.6) is 5.75 Å². The fourth-order valence-electron chi connectivity index (χ4n) is 3.47. The molecule has 2 aromatic carbocycles. The molecule has 4 nitrogen and oxygen atoms in total. The van der Waals surface area contributed by atoms with Gasteiger partial charge >= 0.3 is 0 Å². The second-order valence-corrected chi connectivity index (χ2v) is 8.67. The highest BCUT2D eigenvalue weighted by molar-refractivity contribution is 7.88. The molecule has 134 valence electrons. The lowest BCUT2D eigenvalue weighted by Crippen LogP contribution is -2.41. The molecule has 0 aromatic heterocycles. The lowest BCUT2D eigenvalue weighted by atomic mass is 9.95. The molecular formula is C20H25NO3S. The number of nitrogens with zero attached hydrogens (tertiary/aromatic N) is 1. The van der Waals surface area contributed by atoms with E-state index < -0.39 is 10.0 Å². The average Bonchev–Trinajstić information content (AvgIpc) is 2.62. The Hall–Kier alpha value is -1.85. The molecule has 0 saturated heterocycles. The molecule has 2 aromatic rings. The van der Waals surface area contributed by atoms with Gasteiger partial charge < -0.3 is 5.11 Å². The molecule has 1 aliphatic carbocycles. The van der Waals surface area contributed by atoms with Gasteiger partial charge in [-0.2, -0.15) is 4.31 Å². The number of phenolic OH excluding ortho intramolecular Hbond substituents is 1. The molecule has 0 atom stereocenters. The first kappa shape index (κ1) is 18.0.